The van der Waals surface area contributed by atoms with E-state index in [1.165, 1.54) is 12.1 Å². The lowest BCUT2D eigenvalue weighted by Gasteiger charge is -2.23. The summed E-state index contributed by atoms with van der Waals surface area (Å²) in [6.07, 6.45) is 2.53. The lowest BCUT2D eigenvalue weighted by molar-refractivity contribution is 0.0248. The first-order valence-corrected chi connectivity index (χ1v) is 9.21. The average molecular weight is 396 g/mol. The van der Waals surface area contributed by atoms with Gasteiger partial charge in [-0.3, -0.25) is 9.20 Å². The van der Waals surface area contributed by atoms with Crippen LogP contribution < -0.4 is 5.32 Å². The van der Waals surface area contributed by atoms with Gasteiger partial charge in [-0.05, 0) is 38.5 Å². The highest BCUT2D eigenvalue weighted by Crippen LogP contribution is 2.37. The number of hydrogen-bond acceptors (Lipinski definition) is 5. The van der Waals surface area contributed by atoms with Gasteiger partial charge in [-0.2, -0.15) is 0 Å². The standard InChI is InChI=1S/C21H21FN4O3/c1-21(2,3)29-20(28)26-11-14-13(5-6-15(23-4)18(14)19(26)27)16-10-24-17-9-12(22)7-8-25(16)17/h5-10,23H,11H2,1-4H3. The third-order valence-electron chi connectivity index (χ3n) is 4.72. The van der Waals surface area contributed by atoms with E-state index in [2.05, 4.69) is 10.3 Å². The van der Waals surface area contributed by atoms with Gasteiger partial charge < -0.3 is 10.1 Å². The van der Waals surface area contributed by atoms with Gasteiger partial charge in [0.2, 0.25) is 0 Å². The number of pyridine rings is 1. The summed E-state index contributed by atoms with van der Waals surface area (Å²) in [4.78, 5) is 31.0. The number of nitrogens with one attached hydrogen (secondary N) is 1. The first-order chi connectivity index (χ1) is 13.7. The Labute approximate surface area is 167 Å². The SMILES string of the molecule is CNc1ccc(-c2cnc3cc(F)ccn23)c2c1C(=O)N(C(=O)OC(C)(C)C)C2. The van der Waals surface area contributed by atoms with Crippen LogP contribution in [0.25, 0.3) is 16.9 Å². The minimum Gasteiger partial charge on any atom is -0.443 e. The molecule has 1 aliphatic heterocycles. The van der Waals surface area contributed by atoms with E-state index < -0.39 is 17.6 Å². The minimum atomic E-state index is -0.716. The fraction of sp³-hybridized carbons (Fsp3) is 0.286. The van der Waals surface area contributed by atoms with Crippen LogP contribution in [0.1, 0.15) is 36.7 Å². The molecule has 0 fully saturated rings. The monoisotopic (exact) mass is 396 g/mol. The molecule has 0 saturated heterocycles. The first kappa shape index (κ1) is 18.9. The molecule has 0 atom stereocenters. The van der Waals surface area contributed by atoms with E-state index in [4.69, 9.17) is 4.74 Å². The molecule has 29 heavy (non-hydrogen) atoms. The number of anilines is 1. The highest BCUT2D eigenvalue weighted by atomic mass is 19.1. The summed E-state index contributed by atoms with van der Waals surface area (Å²) in [5.41, 5.74) is 2.94. The number of carbonyl (C=O) groups is 2. The van der Waals surface area contributed by atoms with Gasteiger partial charge in [-0.15, -0.1) is 0 Å². The lowest BCUT2D eigenvalue weighted by Crippen LogP contribution is -2.37. The van der Waals surface area contributed by atoms with Gasteiger partial charge >= 0.3 is 6.09 Å². The van der Waals surface area contributed by atoms with Gasteiger partial charge in [0.1, 0.15) is 17.1 Å². The van der Waals surface area contributed by atoms with E-state index in [-0.39, 0.29) is 12.4 Å². The molecule has 0 saturated carbocycles. The summed E-state index contributed by atoms with van der Waals surface area (Å²) in [7, 11) is 1.72. The zero-order valence-electron chi connectivity index (χ0n) is 16.6. The van der Waals surface area contributed by atoms with E-state index in [1.807, 2.05) is 6.07 Å². The maximum absolute atomic E-state index is 13.5. The van der Waals surface area contributed by atoms with Crippen LogP contribution in [0.2, 0.25) is 0 Å². The van der Waals surface area contributed by atoms with Crippen molar-refractivity contribution in [1.29, 1.82) is 0 Å². The van der Waals surface area contributed by atoms with Gasteiger partial charge in [0.05, 0.1) is 24.0 Å². The van der Waals surface area contributed by atoms with Crippen LogP contribution in [0.15, 0.2) is 36.7 Å². The van der Waals surface area contributed by atoms with Crippen LogP contribution in [0.3, 0.4) is 0 Å². The number of imidazole rings is 1. The molecule has 0 aliphatic carbocycles. The number of aromatic nitrogens is 2. The number of imide groups is 1. The van der Waals surface area contributed by atoms with Crippen LogP contribution in [0, 0.1) is 5.82 Å². The van der Waals surface area contributed by atoms with E-state index >= 15 is 0 Å². The van der Waals surface area contributed by atoms with Crippen molar-refractivity contribution < 1.29 is 18.7 Å². The van der Waals surface area contributed by atoms with Gasteiger partial charge in [0, 0.05) is 30.6 Å². The van der Waals surface area contributed by atoms with Crippen molar-refractivity contribution in [3.63, 3.8) is 0 Å². The molecule has 1 N–H and O–H groups in total. The molecule has 3 heterocycles. The van der Waals surface area contributed by atoms with Crippen molar-refractivity contribution in [3.8, 4) is 11.3 Å². The van der Waals surface area contributed by atoms with E-state index in [9.17, 15) is 14.0 Å². The number of halogens is 1. The number of fused-ring (bicyclic) bond motifs is 2. The van der Waals surface area contributed by atoms with Gasteiger partial charge in [0.15, 0.2) is 0 Å². The Morgan fingerprint density at radius 2 is 2.03 bits per heavy atom. The fourth-order valence-corrected chi connectivity index (χ4v) is 3.49. The number of carbonyl (C=O) groups excluding carboxylic acids is 2. The molecule has 0 unspecified atom stereocenters. The largest absolute Gasteiger partial charge is 0.443 e. The molecule has 4 rings (SSSR count). The normalized spacial score (nSPS) is 13.7. The van der Waals surface area contributed by atoms with Crippen LogP contribution in [-0.4, -0.2) is 38.9 Å². The Bertz CT molecular complexity index is 1150. The third kappa shape index (κ3) is 3.20. The summed E-state index contributed by atoms with van der Waals surface area (Å²) in [6.45, 7) is 5.34. The second kappa shape index (κ2) is 6.58. The molecule has 7 nitrogen and oxygen atoms in total. The molecule has 1 aliphatic rings. The van der Waals surface area contributed by atoms with Crippen molar-refractivity contribution in [3.05, 3.63) is 53.6 Å². The number of ether oxygens (including phenoxy) is 1. The van der Waals surface area contributed by atoms with E-state index in [1.54, 1.807) is 50.7 Å². The number of hydrogen-bond donors (Lipinski definition) is 1. The first-order valence-electron chi connectivity index (χ1n) is 9.21. The lowest BCUT2D eigenvalue weighted by atomic mass is 9.99. The Hall–Kier alpha value is -3.42. The molecule has 2 amide bonds. The highest BCUT2D eigenvalue weighted by molar-refractivity contribution is 6.11. The van der Waals surface area contributed by atoms with Crippen LogP contribution in [-0.2, 0) is 11.3 Å². The number of amides is 2. The maximum Gasteiger partial charge on any atom is 0.417 e. The van der Waals surface area contributed by atoms with Gasteiger partial charge in [-0.1, -0.05) is 6.07 Å². The van der Waals surface area contributed by atoms with Crippen LogP contribution in [0.5, 0.6) is 0 Å². The van der Waals surface area contributed by atoms with Crippen molar-refractivity contribution in [2.45, 2.75) is 32.9 Å². The molecule has 8 heteroatoms. The van der Waals surface area contributed by atoms with Crippen molar-refractivity contribution in [1.82, 2.24) is 14.3 Å². The Morgan fingerprint density at radius 3 is 2.72 bits per heavy atom. The second-order valence-electron chi connectivity index (χ2n) is 7.85. The molecular formula is C21H21FN4O3. The summed E-state index contributed by atoms with van der Waals surface area (Å²) < 4.78 is 20.7. The van der Waals surface area contributed by atoms with Crippen molar-refractivity contribution in [2.75, 3.05) is 12.4 Å². The molecule has 0 bridgehead atoms. The summed E-state index contributed by atoms with van der Waals surface area (Å²) in [5, 5.41) is 3.01. The molecule has 1 aromatic carbocycles. The molecule has 0 spiro atoms. The second-order valence-corrected chi connectivity index (χ2v) is 7.85. The van der Waals surface area contributed by atoms with Crippen molar-refractivity contribution in [2.24, 2.45) is 0 Å². The predicted octanol–water partition coefficient (Wildman–Crippen LogP) is 4.07. The number of benzene rings is 1. The van der Waals surface area contributed by atoms with Gasteiger partial charge in [-0.25, -0.2) is 19.1 Å². The topological polar surface area (TPSA) is 75.9 Å². The van der Waals surface area contributed by atoms with E-state index in [0.29, 0.717) is 28.2 Å². The number of rotatable bonds is 2. The summed E-state index contributed by atoms with van der Waals surface area (Å²) >= 11 is 0. The molecule has 2 aromatic heterocycles. The Balaban J connectivity index is 1.83. The Kier molecular flexibility index (Phi) is 4.29. The Morgan fingerprint density at radius 1 is 1.28 bits per heavy atom. The third-order valence-corrected chi connectivity index (χ3v) is 4.72. The smallest absolute Gasteiger partial charge is 0.417 e. The minimum absolute atomic E-state index is 0.0857. The molecule has 3 aromatic rings. The predicted molar refractivity (Wildman–Crippen MR) is 106 cm³/mol. The quantitative estimate of drug-likeness (QED) is 0.707. The van der Waals surface area contributed by atoms with E-state index in [0.717, 1.165) is 10.5 Å². The van der Waals surface area contributed by atoms with Crippen LogP contribution in [0.4, 0.5) is 14.9 Å². The summed E-state index contributed by atoms with van der Waals surface area (Å²) in [5.74, 6) is -0.794. The zero-order valence-corrected chi connectivity index (χ0v) is 16.6. The molecule has 0 radical (unpaired) electrons. The fourth-order valence-electron chi connectivity index (χ4n) is 3.49. The maximum atomic E-state index is 13.5. The summed E-state index contributed by atoms with van der Waals surface area (Å²) in [6, 6.07) is 6.33. The van der Waals surface area contributed by atoms with Gasteiger partial charge in [0.25, 0.3) is 5.91 Å². The highest BCUT2D eigenvalue weighted by Gasteiger charge is 2.38. The van der Waals surface area contributed by atoms with Crippen LogP contribution >= 0.6 is 0 Å². The zero-order chi connectivity index (χ0) is 20.9. The molecule has 150 valence electrons. The number of nitrogens with zero attached hydrogens (tertiary/aromatic N) is 3. The van der Waals surface area contributed by atoms with Crippen molar-refractivity contribution >= 4 is 23.3 Å². The molecular weight excluding hydrogens is 375 g/mol. The average Bonchev–Trinajstić information content (AvgIpc) is 3.21.